The molecule has 2 N–H and O–H groups in total. The smallest absolute Gasteiger partial charge is 0.224 e. The summed E-state index contributed by atoms with van der Waals surface area (Å²) in [6.07, 6.45) is 2.22. The summed E-state index contributed by atoms with van der Waals surface area (Å²) in [5, 5.41) is 6.02. The molecule has 1 aliphatic carbocycles. The standard InChI is InChI=1S/C31H31N3O2/c1-20-12-14-23(15-13-20)28-17-22(19-33-28)18-30(36)32-16-6-11-29(35)34-27-10-5-9-26-25-8-4-3-7-24(25)21(2)31(26)27/h3-5,7-10,12-15,22H,2,6,11,16-19H2,1H3,(H,32,36)(H,34,35). The first-order valence-corrected chi connectivity index (χ1v) is 12.6. The van der Waals surface area contributed by atoms with Gasteiger partial charge in [0.15, 0.2) is 0 Å². The van der Waals surface area contributed by atoms with Gasteiger partial charge < -0.3 is 10.6 Å². The zero-order chi connectivity index (χ0) is 25.1. The fraction of sp³-hybridized carbons (Fsp3) is 0.258. The van der Waals surface area contributed by atoms with E-state index in [2.05, 4.69) is 71.6 Å². The number of aryl methyl sites for hydroxylation is 1. The lowest BCUT2D eigenvalue weighted by molar-refractivity contribution is -0.122. The molecule has 0 bridgehead atoms. The van der Waals surface area contributed by atoms with E-state index in [1.807, 2.05) is 24.3 Å². The van der Waals surface area contributed by atoms with Crippen molar-refractivity contribution in [2.24, 2.45) is 10.9 Å². The van der Waals surface area contributed by atoms with Crippen LogP contribution in [-0.2, 0) is 9.59 Å². The summed E-state index contributed by atoms with van der Waals surface area (Å²) < 4.78 is 0. The highest BCUT2D eigenvalue weighted by atomic mass is 16.2. The van der Waals surface area contributed by atoms with Crippen LogP contribution in [0.15, 0.2) is 78.3 Å². The zero-order valence-electron chi connectivity index (χ0n) is 20.6. The van der Waals surface area contributed by atoms with Gasteiger partial charge in [0.05, 0.1) is 0 Å². The first kappa shape index (κ1) is 23.7. The fourth-order valence-corrected chi connectivity index (χ4v) is 5.08. The maximum absolute atomic E-state index is 12.6. The third-order valence-corrected chi connectivity index (χ3v) is 6.97. The van der Waals surface area contributed by atoms with Crippen molar-refractivity contribution in [3.63, 3.8) is 0 Å². The van der Waals surface area contributed by atoms with Gasteiger partial charge in [-0.2, -0.15) is 0 Å². The van der Waals surface area contributed by atoms with E-state index in [4.69, 9.17) is 0 Å². The van der Waals surface area contributed by atoms with Gasteiger partial charge >= 0.3 is 0 Å². The molecule has 0 aromatic heterocycles. The highest BCUT2D eigenvalue weighted by molar-refractivity contribution is 6.07. The summed E-state index contributed by atoms with van der Waals surface area (Å²) in [5.74, 6) is 0.200. The van der Waals surface area contributed by atoms with Gasteiger partial charge in [0.2, 0.25) is 11.8 Å². The molecule has 36 heavy (non-hydrogen) atoms. The fourth-order valence-electron chi connectivity index (χ4n) is 5.08. The third kappa shape index (κ3) is 5.01. The summed E-state index contributed by atoms with van der Waals surface area (Å²) in [5.41, 5.74) is 9.52. The average molecular weight is 478 g/mol. The van der Waals surface area contributed by atoms with Crippen LogP contribution < -0.4 is 10.6 Å². The predicted octanol–water partition coefficient (Wildman–Crippen LogP) is 5.77. The summed E-state index contributed by atoms with van der Waals surface area (Å²) in [7, 11) is 0. The number of amides is 2. The number of hydrogen-bond donors (Lipinski definition) is 2. The van der Waals surface area contributed by atoms with E-state index in [0.717, 1.165) is 51.2 Å². The molecule has 5 heteroatoms. The van der Waals surface area contributed by atoms with Crippen molar-refractivity contribution in [3.8, 4) is 11.1 Å². The van der Waals surface area contributed by atoms with Gasteiger partial charge in [-0.3, -0.25) is 14.6 Å². The lowest BCUT2D eigenvalue weighted by atomic mass is 9.97. The highest BCUT2D eigenvalue weighted by Crippen LogP contribution is 2.46. The molecule has 1 heterocycles. The van der Waals surface area contributed by atoms with E-state index in [0.29, 0.717) is 32.4 Å². The van der Waals surface area contributed by atoms with Crippen molar-refractivity contribution < 1.29 is 9.59 Å². The molecule has 182 valence electrons. The molecule has 1 aliphatic heterocycles. The normalized spacial score (nSPS) is 15.8. The van der Waals surface area contributed by atoms with Gasteiger partial charge in [-0.1, -0.05) is 72.8 Å². The number of benzene rings is 3. The molecular formula is C31H31N3O2. The summed E-state index contributed by atoms with van der Waals surface area (Å²) in [6.45, 7) is 7.50. The number of carbonyl (C=O) groups is 2. The summed E-state index contributed by atoms with van der Waals surface area (Å²) in [4.78, 5) is 29.7. The molecule has 5 rings (SSSR count). The molecule has 0 spiro atoms. The van der Waals surface area contributed by atoms with Crippen LogP contribution in [0, 0.1) is 12.8 Å². The quantitative estimate of drug-likeness (QED) is 0.316. The minimum absolute atomic E-state index is 0.0238. The van der Waals surface area contributed by atoms with E-state index >= 15 is 0 Å². The topological polar surface area (TPSA) is 70.6 Å². The van der Waals surface area contributed by atoms with Crippen molar-refractivity contribution in [1.82, 2.24) is 5.32 Å². The Morgan fingerprint density at radius 3 is 2.50 bits per heavy atom. The van der Waals surface area contributed by atoms with Gasteiger partial charge in [-0.05, 0) is 59.6 Å². The second-order valence-electron chi connectivity index (χ2n) is 9.68. The lowest BCUT2D eigenvalue weighted by Gasteiger charge is -2.12. The number of nitrogens with one attached hydrogen (secondary N) is 2. The number of carbonyl (C=O) groups excluding carboxylic acids is 2. The molecule has 0 fully saturated rings. The Labute approximate surface area is 212 Å². The summed E-state index contributed by atoms with van der Waals surface area (Å²) >= 11 is 0. The number of nitrogens with zero attached hydrogens (tertiary/aromatic N) is 1. The van der Waals surface area contributed by atoms with Crippen LogP contribution in [0.25, 0.3) is 16.7 Å². The van der Waals surface area contributed by atoms with Crippen LogP contribution in [0.2, 0.25) is 0 Å². The maximum Gasteiger partial charge on any atom is 0.224 e. The van der Waals surface area contributed by atoms with Crippen LogP contribution in [0.4, 0.5) is 5.69 Å². The zero-order valence-corrected chi connectivity index (χ0v) is 20.6. The van der Waals surface area contributed by atoms with Gasteiger partial charge in [-0.15, -0.1) is 0 Å². The first-order chi connectivity index (χ1) is 17.5. The molecule has 3 aromatic carbocycles. The van der Waals surface area contributed by atoms with E-state index in [-0.39, 0.29) is 17.7 Å². The monoisotopic (exact) mass is 477 g/mol. The van der Waals surface area contributed by atoms with Crippen molar-refractivity contribution in [2.75, 3.05) is 18.4 Å². The molecule has 1 atom stereocenters. The Balaban J connectivity index is 1.05. The Hall–Kier alpha value is -3.99. The number of anilines is 1. The minimum Gasteiger partial charge on any atom is -0.356 e. The van der Waals surface area contributed by atoms with Crippen LogP contribution in [0.3, 0.4) is 0 Å². The molecule has 5 nitrogen and oxygen atoms in total. The Kier molecular flexibility index (Phi) is 6.81. The van der Waals surface area contributed by atoms with E-state index in [1.165, 1.54) is 5.56 Å². The van der Waals surface area contributed by atoms with Gasteiger partial charge in [0.1, 0.15) is 0 Å². The highest BCUT2D eigenvalue weighted by Gasteiger charge is 2.25. The summed E-state index contributed by atoms with van der Waals surface area (Å²) in [6, 6.07) is 22.5. The maximum atomic E-state index is 12.6. The molecule has 3 aromatic rings. The van der Waals surface area contributed by atoms with Crippen LogP contribution in [-0.4, -0.2) is 30.6 Å². The molecule has 2 amide bonds. The third-order valence-electron chi connectivity index (χ3n) is 6.97. The lowest BCUT2D eigenvalue weighted by Crippen LogP contribution is -2.27. The van der Waals surface area contributed by atoms with Gasteiger partial charge in [0.25, 0.3) is 0 Å². The number of rotatable bonds is 8. The molecular weight excluding hydrogens is 446 g/mol. The molecule has 1 unspecified atom stereocenters. The van der Waals surface area contributed by atoms with E-state index in [1.54, 1.807) is 0 Å². The number of fused-ring (bicyclic) bond motifs is 3. The van der Waals surface area contributed by atoms with Crippen molar-refractivity contribution in [1.29, 1.82) is 0 Å². The molecule has 0 saturated heterocycles. The Bertz CT molecular complexity index is 1350. The molecule has 0 saturated carbocycles. The minimum atomic E-state index is -0.0617. The Morgan fingerprint density at radius 2 is 1.69 bits per heavy atom. The van der Waals surface area contributed by atoms with Gasteiger partial charge in [0, 0.05) is 42.9 Å². The second-order valence-corrected chi connectivity index (χ2v) is 9.68. The largest absolute Gasteiger partial charge is 0.356 e. The van der Waals surface area contributed by atoms with Crippen molar-refractivity contribution >= 4 is 28.8 Å². The van der Waals surface area contributed by atoms with Crippen LogP contribution in [0.1, 0.15) is 47.9 Å². The SMILES string of the molecule is C=C1c2ccccc2-c2cccc(NC(=O)CCCNC(=O)CC3CN=C(c4ccc(C)cc4)C3)c21. The second kappa shape index (κ2) is 10.3. The van der Waals surface area contributed by atoms with Gasteiger partial charge in [-0.25, -0.2) is 0 Å². The van der Waals surface area contributed by atoms with E-state index < -0.39 is 0 Å². The van der Waals surface area contributed by atoms with Crippen molar-refractivity contribution in [3.05, 3.63) is 95.6 Å². The number of aliphatic imine (C=N–C) groups is 1. The molecule has 2 aliphatic rings. The van der Waals surface area contributed by atoms with Crippen LogP contribution >= 0.6 is 0 Å². The van der Waals surface area contributed by atoms with Crippen molar-refractivity contribution in [2.45, 2.75) is 32.6 Å². The first-order valence-electron chi connectivity index (χ1n) is 12.6. The number of hydrogen-bond acceptors (Lipinski definition) is 3. The average Bonchev–Trinajstić information content (AvgIpc) is 3.46. The van der Waals surface area contributed by atoms with Crippen LogP contribution in [0.5, 0.6) is 0 Å². The Morgan fingerprint density at radius 1 is 0.944 bits per heavy atom. The van der Waals surface area contributed by atoms with E-state index in [9.17, 15) is 9.59 Å². The molecule has 0 radical (unpaired) electrons. The predicted molar refractivity (Wildman–Crippen MR) is 146 cm³/mol.